The van der Waals surface area contributed by atoms with Crippen LogP contribution in [0.15, 0.2) is 58.8 Å². The number of thiophene rings is 1. The van der Waals surface area contributed by atoms with Crippen molar-refractivity contribution in [3.05, 3.63) is 58.9 Å². The molecular formula is C16H14ClNO3S2. The molecule has 7 heteroatoms. The zero-order chi connectivity index (χ0) is 16.3. The average molecular weight is 368 g/mol. The number of benzene rings is 2. The van der Waals surface area contributed by atoms with E-state index in [4.69, 9.17) is 16.3 Å². The van der Waals surface area contributed by atoms with E-state index in [-0.39, 0.29) is 17.4 Å². The third-order valence-electron chi connectivity index (χ3n) is 3.21. The van der Waals surface area contributed by atoms with Gasteiger partial charge in [-0.05, 0) is 23.6 Å². The van der Waals surface area contributed by atoms with Crippen molar-refractivity contribution in [2.45, 2.75) is 4.21 Å². The molecule has 0 bridgehead atoms. The Morgan fingerprint density at radius 2 is 1.83 bits per heavy atom. The van der Waals surface area contributed by atoms with Gasteiger partial charge >= 0.3 is 0 Å². The van der Waals surface area contributed by atoms with E-state index in [0.717, 1.165) is 27.9 Å². The summed E-state index contributed by atoms with van der Waals surface area (Å²) in [4.78, 5) is 0. The van der Waals surface area contributed by atoms with Gasteiger partial charge in [0.1, 0.15) is 16.6 Å². The number of hydrogen-bond donors (Lipinski definition) is 1. The van der Waals surface area contributed by atoms with E-state index in [0.29, 0.717) is 4.34 Å². The van der Waals surface area contributed by atoms with Crippen molar-refractivity contribution in [3.63, 3.8) is 0 Å². The van der Waals surface area contributed by atoms with Crippen molar-refractivity contribution in [3.8, 4) is 5.75 Å². The summed E-state index contributed by atoms with van der Waals surface area (Å²) in [5.41, 5.74) is 0. The van der Waals surface area contributed by atoms with Gasteiger partial charge in [-0.25, -0.2) is 13.1 Å². The van der Waals surface area contributed by atoms with E-state index in [1.54, 1.807) is 6.07 Å². The number of ether oxygens (including phenoxy) is 1. The topological polar surface area (TPSA) is 55.4 Å². The Hall–Kier alpha value is -1.60. The maximum atomic E-state index is 12.1. The molecule has 0 fully saturated rings. The monoisotopic (exact) mass is 367 g/mol. The second-order valence-electron chi connectivity index (χ2n) is 4.78. The lowest BCUT2D eigenvalue weighted by Gasteiger charge is -2.10. The zero-order valence-corrected chi connectivity index (χ0v) is 14.4. The first-order valence-corrected chi connectivity index (χ1v) is 9.59. The van der Waals surface area contributed by atoms with Crippen LogP contribution < -0.4 is 9.46 Å². The molecule has 0 saturated heterocycles. The van der Waals surface area contributed by atoms with Crippen LogP contribution in [0.4, 0.5) is 0 Å². The number of hydrogen-bond acceptors (Lipinski definition) is 4. The second-order valence-corrected chi connectivity index (χ2v) is 8.49. The van der Waals surface area contributed by atoms with Crippen molar-refractivity contribution in [1.82, 2.24) is 4.72 Å². The third-order valence-corrected chi connectivity index (χ3v) is 6.40. The highest BCUT2D eigenvalue weighted by atomic mass is 35.5. The number of fused-ring (bicyclic) bond motifs is 1. The minimum atomic E-state index is -3.53. The highest BCUT2D eigenvalue weighted by Crippen LogP contribution is 2.26. The van der Waals surface area contributed by atoms with Gasteiger partial charge in [0.15, 0.2) is 0 Å². The largest absolute Gasteiger partial charge is 0.492 e. The fraction of sp³-hybridized carbons (Fsp3) is 0.125. The molecule has 0 spiro atoms. The molecule has 3 rings (SSSR count). The molecule has 0 atom stereocenters. The van der Waals surface area contributed by atoms with Crippen LogP contribution >= 0.6 is 22.9 Å². The minimum absolute atomic E-state index is 0.182. The third kappa shape index (κ3) is 3.84. The summed E-state index contributed by atoms with van der Waals surface area (Å²) >= 11 is 6.79. The molecule has 0 aliphatic rings. The van der Waals surface area contributed by atoms with Crippen LogP contribution in [0.3, 0.4) is 0 Å². The SMILES string of the molecule is O=S(=O)(NCCOc1cccc2ccccc12)c1ccc(Cl)s1. The molecule has 0 unspecified atom stereocenters. The van der Waals surface area contributed by atoms with E-state index >= 15 is 0 Å². The van der Waals surface area contributed by atoms with Crippen molar-refractivity contribution in [2.75, 3.05) is 13.2 Å². The predicted octanol–water partition coefficient (Wildman–Crippen LogP) is 3.91. The first kappa shape index (κ1) is 16.3. The van der Waals surface area contributed by atoms with Crippen molar-refractivity contribution in [1.29, 1.82) is 0 Å². The minimum Gasteiger partial charge on any atom is -0.492 e. The van der Waals surface area contributed by atoms with Crippen molar-refractivity contribution >= 4 is 43.7 Å². The zero-order valence-electron chi connectivity index (χ0n) is 12.0. The van der Waals surface area contributed by atoms with Crippen molar-refractivity contribution in [2.24, 2.45) is 0 Å². The Bertz CT molecular complexity index is 916. The molecule has 120 valence electrons. The summed E-state index contributed by atoms with van der Waals surface area (Å²) in [6.07, 6.45) is 0. The summed E-state index contributed by atoms with van der Waals surface area (Å²) in [6, 6.07) is 16.7. The fourth-order valence-electron chi connectivity index (χ4n) is 2.17. The number of halogens is 1. The van der Waals surface area contributed by atoms with Crippen LogP contribution in [-0.4, -0.2) is 21.6 Å². The Labute approximate surface area is 143 Å². The summed E-state index contributed by atoms with van der Waals surface area (Å²) < 4.78 is 33.0. The lowest BCUT2D eigenvalue weighted by Crippen LogP contribution is -2.27. The van der Waals surface area contributed by atoms with Crippen LogP contribution in [0.25, 0.3) is 10.8 Å². The molecule has 3 aromatic rings. The summed E-state index contributed by atoms with van der Waals surface area (Å²) in [5, 5.41) is 2.08. The molecule has 0 amide bonds. The molecule has 0 radical (unpaired) electrons. The van der Waals surface area contributed by atoms with Gasteiger partial charge in [-0.1, -0.05) is 48.0 Å². The maximum Gasteiger partial charge on any atom is 0.250 e. The van der Waals surface area contributed by atoms with Gasteiger partial charge in [0.2, 0.25) is 10.0 Å². The van der Waals surface area contributed by atoms with E-state index < -0.39 is 10.0 Å². The van der Waals surface area contributed by atoms with E-state index in [1.807, 2.05) is 42.5 Å². The van der Waals surface area contributed by atoms with Crippen LogP contribution in [0, 0.1) is 0 Å². The van der Waals surface area contributed by atoms with Crippen LogP contribution in [0.1, 0.15) is 0 Å². The highest BCUT2D eigenvalue weighted by molar-refractivity contribution is 7.91. The molecule has 23 heavy (non-hydrogen) atoms. The molecule has 4 nitrogen and oxygen atoms in total. The maximum absolute atomic E-state index is 12.1. The molecular weight excluding hydrogens is 354 g/mol. The summed E-state index contributed by atoms with van der Waals surface area (Å²) in [6.45, 7) is 0.424. The van der Waals surface area contributed by atoms with Crippen molar-refractivity contribution < 1.29 is 13.2 Å². The van der Waals surface area contributed by atoms with Gasteiger partial charge < -0.3 is 4.74 Å². The summed E-state index contributed by atoms with van der Waals surface area (Å²) in [7, 11) is -3.53. The first-order chi connectivity index (χ1) is 11.1. The van der Waals surface area contributed by atoms with Gasteiger partial charge in [-0.3, -0.25) is 0 Å². The molecule has 0 saturated carbocycles. The predicted molar refractivity (Wildman–Crippen MR) is 94.0 cm³/mol. The van der Waals surface area contributed by atoms with Gasteiger partial charge in [0, 0.05) is 11.9 Å². The number of rotatable bonds is 6. The Morgan fingerprint density at radius 1 is 1.04 bits per heavy atom. The molecule has 2 aromatic carbocycles. The lowest BCUT2D eigenvalue weighted by molar-refractivity contribution is 0.326. The lowest BCUT2D eigenvalue weighted by atomic mass is 10.1. The van der Waals surface area contributed by atoms with Gasteiger partial charge in [0.05, 0.1) is 4.34 Å². The average Bonchev–Trinajstić information content (AvgIpc) is 2.99. The quantitative estimate of drug-likeness (QED) is 0.672. The van der Waals surface area contributed by atoms with E-state index in [2.05, 4.69) is 4.72 Å². The summed E-state index contributed by atoms with van der Waals surface area (Å²) in [5.74, 6) is 0.737. The normalized spacial score (nSPS) is 11.7. The molecule has 1 N–H and O–H groups in total. The molecule has 0 aliphatic carbocycles. The Kier molecular flexibility index (Phi) is 4.87. The van der Waals surface area contributed by atoms with Gasteiger partial charge in [-0.2, -0.15) is 0 Å². The van der Waals surface area contributed by atoms with E-state index in [9.17, 15) is 8.42 Å². The molecule has 1 heterocycles. The first-order valence-electron chi connectivity index (χ1n) is 6.92. The Morgan fingerprint density at radius 3 is 2.61 bits per heavy atom. The number of sulfonamides is 1. The van der Waals surface area contributed by atoms with Crippen LogP contribution in [0.2, 0.25) is 4.34 Å². The Balaban J connectivity index is 1.61. The number of nitrogens with one attached hydrogen (secondary N) is 1. The second kappa shape index (κ2) is 6.88. The van der Waals surface area contributed by atoms with Gasteiger partial charge in [0.25, 0.3) is 0 Å². The fourth-order valence-corrected chi connectivity index (χ4v) is 4.71. The van der Waals surface area contributed by atoms with Crippen LogP contribution in [-0.2, 0) is 10.0 Å². The molecule has 0 aliphatic heterocycles. The van der Waals surface area contributed by atoms with Crippen LogP contribution in [0.5, 0.6) is 5.75 Å². The highest BCUT2D eigenvalue weighted by Gasteiger charge is 2.15. The van der Waals surface area contributed by atoms with Gasteiger partial charge in [-0.15, -0.1) is 11.3 Å². The smallest absolute Gasteiger partial charge is 0.250 e. The van der Waals surface area contributed by atoms with E-state index in [1.165, 1.54) is 6.07 Å². The molecule has 1 aromatic heterocycles. The standard InChI is InChI=1S/C16H14ClNO3S2/c17-15-8-9-16(22-15)23(19,20)18-10-11-21-14-7-3-5-12-4-1-2-6-13(12)14/h1-9,18H,10-11H2.